The zero-order chi connectivity index (χ0) is 19.8. The number of halogens is 3. The van der Waals surface area contributed by atoms with Gasteiger partial charge < -0.3 is 10.3 Å². The molecule has 1 aliphatic carbocycles. The van der Waals surface area contributed by atoms with Gasteiger partial charge in [-0.3, -0.25) is 9.36 Å². The van der Waals surface area contributed by atoms with Crippen molar-refractivity contribution in [3.05, 3.63) is 55.6 Å². The van der Waals surface area contributed by atoms with Crippen molar-refractivity contribution < 1.29 is 4.79 Å². The number of anilines is 1. The minimum atomic E-state index is -0.114. The first-order valence-corrected chi connectivity index (χ1v) is 10.5. The first-order chi connectivity index (χ1) is 13.4. The van der Waals surface area contributed by atoms with Gasteiger partial charge >= 0.3 is 5.69 Å². The minimum absolute atomic E-state index is 0.0624. The largest absolute Gasteiger partial charge is 0.326 e. The van der Waals surface area contributed by atoms with Crippen LogP contribution >= 0.6 is 39.1 Å². The molecule has 9 heteroatoms. The molecule has 0 aliphatic heterocycles. The van der Waals surface area contributed by atoms with Crippen molar-refractivity contribution in [3.8, 4) is 0 Å². The number of hydrogen-bond acceptors (Lipinski definition) is 3. The molecule has 2 N–H and O–H groups in total. The number of fused-ring (bicyclic) bond motifs is 1. The van der Waals surface area contributed by atoms with Gasteiger partial charge in [-0.25, -0.2) is 9.78 Å². The maximum absolute atomic E-state index is 12.6. The number of pyridine rings is 1. The molecular formula is C19H17BrCl2N4O2. The molecule has 28 heavy (non-hydrogen) atoms. The summed E-state index contributed by atoms with van der Waals surface area (Å²) < 4.78 is 2.68. The molecule has 4 rings (SSSR count). The van der Waals surface area contributed by atoms with Crippen molar-refractivity contribution in [2.45, 2.75) is 31.7 Å². The van der Waals surface area contributed by atoms with E-state index in [4.69, 9.17) is 23.2 Å². The lowest BCUT2D eigenvalue weighted by molar-refractivity contribution is -0.121. The molecule has 0 unspecified atom stereocenters. The van der Waals surface area contributed by atoms with Crippen LogP contribution in [0.4, 0.5) is 5.69 Å². The van der Waals surface area contributed by atoms with Crippen molar-refractivity contribution in [1.82, 2.24) is 14.5 Å². The molecule has 1 fully saturated rings. The number of nitrogens with zero attached hydrogens (tertiary/aromatic N) is 2. The minimum Gasteiger partial charge on any atom is -0.324 e. The normalized spacial score (nSPS) is 19.7. The fraction of sp³-hybridized carbons (Fsp3) is 0.316. The highest BCUT2D eigenvalue weighted by Crippen LogP contribution is 2.34. The lowest BCUT2D eigenvalue weighted by Crippen LogP contribution is -2.31. The van der Waals surface area contributed by atoms with E-state index in [1.54, 1.807) is 6.07 Å². The number of amides is 1. The average Bonchev–Trinajstić information content (AvgIpc) is 3.02. The van der Waals surface area contributed by atoms with Gasteiger partial charge in [0.05, 0.1) is 27.9 Å². The van der Waals surface area contributed by atoms with Crippen LogP contribution < -0.4 is 11.0 Å². The van der Waals surface area contributed by atoms with E-state index >= 15 is 0 Å². The summed E-state index contributed by atoms with van der Waals surface area (Å²) in [5, 5.41) is 3.36. The van der Waals surface area contributed by atoms with Crippen LogP contribution in [0, 0.1) is 5.92 Å². The van der Waals surface area contributed by atoms with Crippen molar-refractivity contribution >= 4 is 61.8 Å². The number of imidazole rings is 1. The zero-order valence-electron chi connectivity index (χ0n) is 14.7. The highest BCUT2D eigenvalue weighted by atomic mass is 79.9. The number of H-pyrrole nitrogens is 1. The molecule has 0 spiro atoms. The fourth-order valence-corrected chi connectivity index (χ4v) is 4.53. The Morgan fingerprint density at radius 2 is 2.00 bits per heavy atom. The predicted molar refractivity (Wildman–Crippen MR) is 114 cm³/mol. The van der Waals surface area contributed by atoms with Crippen molar-refractivity contribution in [2.24, 2.45) is 5.92 Å². The van der Waals surface area contributed by atoms with E-state index in [1.807, 2.05) is 22.8 Å². The smallest absolute Gasteiger partial charge is 0.324 e. The second kappa shape index (κ2) is 7.89. The third-order valence-corrected chi connectivity index (χ3v) is 6.55. The van der Waals surface area contributed by atoms with E-state index < -0.39 is 0 Å². The lowest BCUT2D eigenvalue weighted by Gasteiger charge is -2.28. The number of carbonyl (C=O) groups is 1. The zero-order valence-corrected chi connectivity index (χ0v) is 17.8. The third-order valence-electron chi connectivity index (χ3n) is 5.20. The summed E-state index contributed by atoms with van der Waals surface area (Å²) in [6.45, 7) is 0. The van der Waals surface area contributed by atoms with Gasteiger partial charge in [0, 0.05) is 16.4 Å². The number of aromatic nitrogens is 3. The Morgan fingerprint density at radius 3 is 2.71 bits per heavy atom. The molecule has 0 radical (unpaired) electrons. The summed E-state index contributed by atoms with van der Waals surface area (Å²) in [7, 11) is 0. The fourth-order valence-electron chi connectivity index (χ4n) is 3.81. The molecule has 2 heterocycles. The van der Waals surface area contributed by atoms with Crippen LogP contribution in [-0.4, -0.2) is 20.4 Å². The van der Waals surface area contributed by atoms with Gasteiger partial charge in [-0.15, -0.1) is 0 Å². The highest BCUT2D eigenvalue weighted by molar-refractivity contribution is 9.10. The van der Waals surface area contributed by atoms with Gasteiger partial charge in [0.25, 0.3) is 0 Å². The lowest BCUT2D eigenvalue weighted by atomic mass is 9.85. The molecule has 0 atom stereocenters. The van der Waals surface area contributed by atoms with Crippen LogP contribution in [0.5, 0.6) is 0 Å². The summed E-state index contributed by atoms with van der Waals surface area (Å²) >= 11 is 15.2. The molecule has 6 nitrogen and oxygen atoms in total. The maximum atomic E-state index is 12.6. The summed E-state index contributed by atoms with van der Waals surface area (Å²) in [4.78, 5) is 31.9. The first-order valence-electron chi connectivity index (χ1n) is 8.94. The number of para-hydroxylation sites is 1. The Labute approximate surface area is 179 Å². The van der Waals surface area contributed by atoms with Crippen LogP contribution in [0.3, 0.4) is 0 Å². The summed E-state index contributed by atoms with van der Waals surface area (Å²) in [6, 6.07) is 7.42. The third kappa shape index (κ3) is 3.71. The monoisotopic (exact) mass is 482 g/mol. The van der Waals surface area contributed by atoms with Gasteiger partial charge in [-0.1, -0.05) is 29.3 Å². The Balaban J connectivity index is 1.45. The van der Waals surface area contributed by atoms with E-state index in [9.17, 15) is 9.59 Å². The van der Waals surface area contributed by atoms with Crippen LogP contribution in [0.25, 0.3) is 11.0 Å². The van der Waals surface area contributed by atoms with Gasteiger partial charge in [0.2, 0.25) is 5.91 Å². The summed E-state index contributed by atoms with van der Waals surface area (Å²) in [5.41, 5.74) is 2.10. The van der Waals surface area contributed by atoms with E-state index in [1.165, 1.54) is 6.20 Å². The molecule has 1 amide bonds. The Morgan fingerprint density at radius 1 is 1.25 bits per heavy atom. The molecule has 1 aromatic carbocycles. The quantitative estimate of drug-likeness (QED) is 0.504. The van der Waals surface area contributed by atoms with Crippen LogP contribution in [-0.2, 0) is 4.79 Å². The second-order valence-electron chi connectivity index (χ2n) is 6.93. The van der Waals surface area contributed by atoms with Gasteiger partial charge in [-0.2, -0.15) is 0 Å². The number of benzene rings is 1. The number of rotatable bonds is 3. The van der Waals surface area contributed by atoms with Gasteiger partial charge in [-0.05, 0) is 59.8 Å². The molecular weight excluding hydrogens is 467 g/mol. The highest BCUT2D eigenvalue weighted by Gasteiger charge is 2.29. The standard InChI is InChI=1S/C19H17BrCl2N4O2/c20-13-2-1-3-15-16(13)25-19(28)26(15)12-6-4-10(5-7-12)18(27)24-11-8-14(21)17(22)23-9-11/h1-3,8-10,12H,4-7H2,(H,24,27)(H,25,28)/t10-,12+. The number of nitrogens with one attached hydrogen (secondary N) is 2. The van der Waals surface area contributed by atoms with E-state index in [0.29, 0.717) is 23.6 Å². The van der Waals surface area contributed by atoms with Gasteiger partial charge in [0.15, 0.2) is 0 Å². The van der Waals surface area contributed by atoms with Gasteiger partial charge in [0.1, 0.15) is 5.15 Å². The number of aromatic amines is 1. The second-order valence-corrected chi connectivity index (χ2v) is 8.54. The van der Waals surface area contributed by atoms with Crippen molar-refractivity contribution in [2.75, 3.05) is 5.32 Å². The topological polar surface area (TPSA) is 79.8 Å². The van der Waals surface area contributed by atoms with E-state index in [-0.39, 0.29) is 28.7 Å². The molecule has 1 saturated carbocycles. The molecule has 0 saturated heterocycles. The number of hydrogen-bond donors (Lipinski definition) is 2. The first kappa shape index (κ1) is 19.5. The van der Waals surface area contributed by atoms with E-state index in [0.717, 1.165) is 28.3 Å². The van der Waals surface area contributed by atoms with Crippen LogP contribution in [0.2, 0.25) is 10.2 Å². The summed E-state index contributed by atoms with van der Waals surface area (Å²) in [6.07, 6.45) is 4.42. The SMILES string of the molecule is O=c1[nH]c2c(Br)cccc2n1[C@H]1CC[C@@H](C(=O)Nc2cnc(Cl)c(Cl)c2)CC1. The van der Waals surface area contributed by atoms with Crippen molar-refractivity contribution in [3.63, 3.8) is 0 Å². The van der Waals surface area contributed by atoms with Crippen LogP contribution in [0.15, 0.2) is 39.7 Å². The molecule has 1 aliphatic rings. The molecule has 0 bridgehead atoms. The van der Waals surface area contributed by atoms with E-state index in [2.05, 4.69) is 31.2 Å². The molecule has 146 valence electrons. The predicted octanol–water partition coefficient (Wildman–Crippen LogP) is 5.16. The molecule has 2 aromatic heterocycles. The summed E-state index contributed by atoms with van der Waals surface area (Å²) in [5.74, 6) is -0.175. The maximum Gasteiger partial charge on any atom is 0.326 e. The molecule has 3 aromatic rings. The Kier molecular flexibility index (Phi) is 5.49. The van der Waals surface area contributed by atoms with Crippen molar-refractivity contribution in [1.29, 1.82) is 0 Å². The van der Waals surface area contributed by atoms with Crippen LogP contribution in [0.1, 0.15) is 31.7 Å². The Bertz CT molecular complexity index is 1100. The Hall–Kier alpha value is -1.83. The average molecular weight is 484 g/mol. The number of carbonyl (C=O) groups excluding carboxylic acids is 1.